The van der Waals surface area contributed by atoms with Crippen LogP contribution in [-0.4, -0.2) is 20.2 Å². The van der Waals surface area contributed by atoms with Gasteiger partial charge in [-0.05, 0) is 43.3 Å². The Balaban J connectivity index is 0.00000196. The van der Waals surface area contributed by atoms with Crippen molar-refractivity contribution in [1.29, 1.82) is 0 Å². The standard InChI is InChI=1S/C18H13ClN4OS.BrH/c1-11(24)12-2-5-14(6-3-12)21-18-22-15(10-25-18)16-8-20-17-7-4-13(19)9-23(16)17;/h2-10H,1H3,(H,21,22);1H. The lowest BCUT2D eigenvalue weighted by molar-refractivity contribution is 0.101. The SMILES string of the molecule is Br.CC(=O)c1ccc(Nc2nc(-c3cnc4ccc(Cl)cn34)cs2)cc1. The fourth-order valence-electron chi connectivity index (χ4n) is 2.50. The third kappa shape index (κ3) is 3.65. The number of ketones is 1. The number of hydrogen-bond donors (Lipinski definition) is 1. The number of rotatable bonds is 4. The van der Waals surface area contributed by atoms with Crippen LogP contribution in [0.1, 0.15) is 17.3 Å². The van der Waals surface area contributed by atoms with Crippen molar-refractivity contribution in [1.82, 2.24) is 14.4 Å². The second-order valence-corrected chi connectivity index (χ2v) is 6.81. The molecule has 132 valence electrons. The molecule has 1 aromatic carbocycles. The number of aromatic nitrogens is 3. The highest BCUT2D eigenvalue weighted by atomic mass is 79.9. The largest absolute Gasteiger partial charge is 0.332 e. The Hall–Kier alpha value is -2.22. The molecule has 0 fully saturated rings. The Kier molecular flexibility index (Phi) is 5.41. The van der Waals surface area contributed by atoms with Gasteiger partial charge in [-0.2, -0.15) is 0 Å². The summed E-state index contributed by atoms with van der Waals surface area (Å²) in [5.41, 5.74) is 4.10. The highest BCUT2D eigenvalue weighted by molar-refractivity contribution is 8.93. The van der Waals surface area contributed by atoms with Gasteiger partial charge in [-0.15, -0.1) is 28.3 Å². The summed E-state index contributed by atoms with van der Waals surface area (Å²) in [5, 5.41) is 6.63. The summed E-state index contributed by atoms with van der Waals surface area (Å²) >= 11 is 7.58. The van der Waals surface area contributed by atoms with Crippen molar-refractivity contribution in [2.75, 3.05) is 5.32 Å². The van der Waals surface area contributed by atoms with Gasteiger partial charge >= 0.3 is 0 Å². The maximum absolute atomic E-state index is 11.3. The smallest absolute Gasteiger partial charge is 0.187 e. The van der Waals surface area contributed by atoms with Crippen LogP contribution >= 0.6 is 39.9 Å². The van der Waals surface area contributed by atoms with Gasteiger partial charge in [-0.25, -0.2) is 9.97 Å². The molecule has 0 atom stereocenters. The van der Waals surface area contributed by atoms with Crippen LogP contribution in [0.2, 0.25) is 5.02 Å². The van der Waals surface area contributed by atoms with Gasteiger partial charge in [0, 0.05) is 22.8 Å². The van der Waals surface area contributed by atoms with E-state index in [4.69, 9.17) is 11.6 Å². The third-order valence-corrected chi connectivity index (χ3v) is 4.76. The van der Waals surface area contributed by atoms with E-state index in [-0.39, 0.29) is 22.8 Å². The fraction of sp³-hybridized carbons (Fsp3) is 0.0556. The molecule has 0 aliphatic rings. The summed E-state index contributed by atoms with van der Waals surface area (Å²) in [6.07, 6.45) is 3.61. The molecule has 0 aliphatic heterocycles. The molecule has 1 N–H and O–H groups in total. The number of hydrogen-bond acceptors (Lipinski definition) is 5. The number of imidazole rings is 1. The molecule has 0 bridgehead atoms. The molecule has 0 radical (unpaired) electrons. The lowest BCUT2D eigenvalue weighted by Gasteiger charge is -2.03. The van der Waals surface area contributed by atoms with Crippen LogP contribution in [0.3, 0.4) is 0 Å². The van der Waals surface area contributed by atoms with Crippen molar-refractivity contribution >= 4 is 62.2 Å². The Labute approximate surface area is 169 Å². The number of anilines is 2. The number of carbonyl (C=O) groups is 1. The molecule has 0 spiro atoms. The van der Waals surface area contributed by atoms with Crippen molar-refractivity contribution in [3.8, 4) is 11.4 Å². The van der Waals surface area contributed by atoms with Crippen molar-refractivity contribution < 1.29 is 4.79 Å². The normalized spacial score (nSPS) is 10.5. The van der Waals surface area contributed by atoms with E-state index in [9.17, 15) is 4.79 Å². The summed E-state index contributed by atoms with van der Waals surface area (Å²) in [4.78, 5) is 20.3. The first-order chi connectivity index (χ1) is 12.1. The van der Waals surface area contributed by atoms with E-state index < -0.39 is 0 Å². The first kappa shape index (κ1) is 18.6. The number of nitrogens with one attached hydrogen (secondary N) is 1. The summed E-state index contributed by atoms with van der Waals surface area (Å²) in [6.45, 7) is 1.55. The molecule has 0 unspecified atom stereocenters. The topological polar surface area (TPSA) is 59.3 Å². The lowest BCUT2D eigenvalue weighted by Crippen LogP contribution is -1.94. The van der Waals surface area contributed by atoms with Gasteiger partial charge in [0.1, 0.15) is 11.3 Å². The first-order valence-electron chi connectivity index (χ1n) is 7.57. The van der Waals surface area contributed by atoms with Crippen molar-refractivity contribution in [2.24, 2.45) is 0 Å². The molecule has 0 amide bonds. The van der Waals surface area contributed by atoms with Crippen LogP contribution < -0.4 is 5.32 Å². The quantitative estimate of drug-likeness (QED) is 0.410. The average Bonchev–Trinajstić information content (AvgIpc) is 3.21. The van der Waals surface area contributed by atoms with Gasteiger partial charge in [0.2, 0.25) is 0 Å². The zero-order chi connectivity index (χ0) is 17.4. The Morgan fingerprint density at radius 1 is 1.19 bits per heavy atom. The number of pyridine rings is 1. The molecule has 3 aromatic heterocycles. The van der Waals surface area contributed by atoms with E-state index in [1.54, 1.807) is 25.3 Å². The van der Waals surface area contributed by atoms with Crippen LogP contribution in [0.4, 0.5) is 10.8 Å². The van der Waals surface area contributed by atoms with E-state index in [0.717, 1.165) is 27.9 Å². The van der Waals surface area contributed by atoms with Crippen LogP contribution in [-0.2, 0) is 0 Å². The number of carbonyl (C=O) groups excluding carboxylic acids is 1. The second-order valence-electron chi connectivity index (χ2n) is 5.52. The van der Waals surface area contributed by atoms with Crippen LogP contribution in [0.15, 0.2) is 54.2 Å². The van der Waals surface area contributed by atoms with Gasteiger partial charge in [-0.1, -0.05) is 11.6 Å². The molecule has 3 heterocycles. The fourth-order valence-corrected chi connectivity index (χ4v) is 3.39. The van der Waals surface area contributed by atoms with Gasteiger partial charge in [0.25, 0.3) is 0 Å². The maximum atomic E-state index is 11.3. The van der Waals surface area contributed by atoms with Crippen molar-refractivity contribution in [3.05, 3.63) is 64.8 Å². The monoisotopic (exact) mass is 448 g/mol. The van der Waals surface area contributed by atoms with Crippen LogP contribution in [0, 0.1) is 0 Å². The number of halogens is 2. The van der Waals surface area contributed by atoms with E-state index in [2.05, 4.69) is 15.3 Å². The van der Waals surface area contributed by atoms with E-state index in [0.29, 0.717) is 10.6 Å². The molecule has 0 saturated heterocycles. The highest BCUT2D eigenvalue weighted by Crippen LogP contribution is 2.28. The predicted molar refractivity (Wildman–Crippen MR) is 111 cm³/mol. The zero-order valence-corrected chi connectivity index (χ0v) is 16.9. The molecule has 8 heteroatoms. The number of thiazole rings is 1. The molecule has 4 aromatic rings. The van der Waals surface area contributed by atoms with Crippen molar-refractivity contribution in [3.63, 3.8) is 0 Å². The van der Waals surface area contributed by atoms with Gasteiger partial charge in [-0.3, -0.25) is 9.20 Å². The second kappa shape index (κ2) is 7.57. The molecule has 0 saturated carbocycles. The maximum Gasteiger partial charge on any atom is 0.187 e. The number of nitrogens with zero attached hydrogens (tertiary/aromatic N) is 3. The Morgan fingerprint density at radius 2 is 1.96 bits per heavy atom. The van der Waals surface area contributed by atoms with Gasteiger partial charge in [0.05, 0.1) is 16.9 Å². The lowest BCUT2D eigenvalue weighted by atomic mass is 10.1. The van der Waals surface area contributed by atoms with Gasteiger partial charge in [0.15, 0.2) is 10.9 Å². The van der Waals surface area contributed by atoms with Crippen molar-refractivity contribution in [2.45, 2.75) is 6.92 Å². The average molecular weight is 450 g/mol. The minimum atomic E-state index is 0. The Bertz CT molecular complexity index is 1070. The van der Waals surface area contributed by atoms with Crippen LogP contribution in [0.5, 0.6) is 0 Å². The van der Waals surface area contributed by atoms with E-state index in [1.807, 2.05) is 40.2 Å². The van der Waals surface area contributed by atoms with Gasteiger partial charge < -0.3 is 5.32 Å². The third-order valence-electron chi connectivity index (χ3n) is 3.78. The summed E-state index contributed by atoms with van der Waals surface area (Å²) in [5.74, 6) is 0.0503. The van der Waals surface area contributed by atoms with E-state index >= 15 is 0 Å². The molecule has 4 rings (SSSR count). The zero-order valence-electron chi connectivity index (χ0n) is 13.6. The molecule has 0 aliphatic carbocycles. The summed E-state index contributed by atoms with van der Waals surface area (Å²) < 4.78 is 1.92. The minimum Gasteiger partial charge on any atom is -0.332 e. The predicted octanol–water partition coefficient (Wildman–Crippen LogP) is 5.64. The minimum absolute atomic E-state index is 0. The number of benzene rings is 1. The first-order valence-corrected chi connectivity index (χ1v) is 8.82. The summed E-state index contributed by atoms with van der Waals surface area (Å²) in [7, 11) is 0. The number of Topliss-reactive ketones (excluding diaryl/α,β-unsaturated/α-hetero) is 1. The van der Waals surface area contributed by atoms with E-state index in [1.165, 1.54) is 11.3 Å². The highest BCUT2D eigenvalue weighted by Gasteiger charge is 2.11. The molecular weight excluding hydrogens is 436 g/mol. The molecule has 26 heavy (non-hydrogen) atoms. The summed E-state index contributed by atoms with van der Waals surface area (Å²) in [6, 6.07) is 11.0. The number of fused-ring (bicyclic) bond motifs is 1. The molecule has 5 nitrogen and oxygen atoms in total. The molecular formula is C18H14BrClN4OS. The van der Waals surface area contributed by atoms with Crippen LogP contribution in [0.25, 0.3) is 17.0 Å². The Morgan fingerprint density at radius 3 is 2.69 bits per heavy atom.